The summed E-state index contributed by atoms with van der Waals surface area (Å²) < 4.78 is 34.3. The van der Waals surface area contributed by atoms with Crippen LogP contribution >= 0.6 is 11.3 Å². The van der Waals surface area contributed by atoms with Crippen molar-refractivity contribution in [1.82, 2.24) is 29.7 Å². The molecule has 3 heterocycles. The largest absolute Gasteiger partial charge is 0.469 e. The molecule has 0 bridgehead atoms. The highest BCUT2D eigenvalue weighted by atomic mass is 32.1. The Kier molecular flexibility index (Phi) is 5.39. The van der Waals surface area contributed by atoms with Gasteiger partial charge < -0.3 is 10.1 Å². The predicted octanol–water partition coefficient (Wildman–Crippen LogP) is 3.61. The Labute approximate surface area is 170 Å². The molecule has 154 valence electrons. The van der Waals surface area contributed by atoms with E-state index in [4.69, 9.17) is 4.74 Å². The first kappa shape index (κ1) is 19.6. The molecule has 4 rings (SSSR count). The molecule has 29 heavy (non-hydrogen) atoms. The summed E-state index contributed by atoms with van der Waals surface area (Å²) in [5.74, 6) is -0.598. The molecule has 0 unspecified atom stereocenters. The van der Waals surface area contributed by atoms with Crippen molar-refractivity contribution in [3.05, 3.63) is 29.3 Å². The number of aromatic nitrogens is 6. The lowest BCUT2D eigenvalue weighted by molar-refractivity contribution is -0.0361. The minimum atomic E-state index is -2.57. The summed E-state index contributed by atoms with van der Waals surface area (Å²) in [7, 11) is 1.78. The van der Waals surface area contributed by atoms with Crippen LogP contribution in [0.25, 0.3) is 10.8 Å². The Morgan fingerprint density at radius 1 is 1.28 bits per heavy atom. The number of hydrogen-bond acceptors (Lipinski definition) is 8. The molecule has 0 spiro atoms. The van der Waals surface area contributed by atoms with Crippen LogP contribution in [0, 0.1) is 6.92 Å². The lowest BCUT2D eigenvalue weighted by Gasteiger charge is -2.29. The third-order valence-corrected chi connectivity index (χ3v) is 5.69. The number of nitrogens with one attached hydrogen (secondary N) is 1. The van der Waals surface area contributed by atoms with Crippen LogP contribution in [0.5, 0.6) is 5.88 Å². The van der Waals surface area contributed by atoms with E-state index in [-0.39, 0.29) is 25.5 Å². The Hall–Kier alpha value is -2.69. The molecule has 8 nitrogen and oxygen atoms in total. The number of halogens is 2. The Morgan fingerprint density at radius 3 is 2.72 bits per heavy atom. The van der Waals surface area contributed by atoms with E-state index < -0.39 is 5.92 Å². The van der Waals surface area contributed by atoms with Gasteiger partial charge in [0.05, 0.1) is 0 Å². The molecule has 11 heteroatoms. The zero-order valence-electron chi connectivity index (χ0n) is 16.1. The van der Waals surface area contributed by atoms with E-state index in [0.29, 0.717) is 41.2 Å². The van der Waals surface area contributed by atoms with Gasteiger partial charge in [0, 0.05) is 43.1 Å². The first-order valence-corrected chi connectivity index (χ1v) is 10.2. The highest BCUT2D eigenvalue weighted by Gasteiger charge is 2.35. The molecule has 0 atom stereocenters. The fourth-order valence-electron chi connectivity index (χ4n) is 3.11. The molecule has 0 aromatic carbocycles. The molecule has 1 aliphatic rings. The Bertz CT molecular complexity index is 980. The number of alkyl halides is 2. The molecule has 1 aliphatic carbocycles. The van der Waals surface area contributed by atoms with Gasteiger partial charge in [0.25, 0.3) is 0 Å². The van der Waals surface area contributed by atoms with E-state index in [1.165, 1.54) is 17.7 Å². The molecule has 0 aliphatic heterocycles. The topological polar surface area (TPSA) is 90.6 Å². The van der Waals surface area contributed by atoms with Gasteiger partial charge >= 0.3 is 0 Å². The van der Waals surface area contributed by atoms with Crippen molar-refractivity contribution < 1.29 is 13.5 Å². The van der Waals surface area contributed by atoms with Gasteiger partial charge in [-0.05, 0) is 19.8 Å². The number of nitrogens with zero attached hydrogens (tertiary/aromatic N) is 6. The van der Waals surface area contributed by atoms with Gasteiger partial charge in [-0.15, -0.1) is 11.3 Å². The van der Waals surface area contributed by atoms with Crippen LogP contribution in [0.15, 0.2) is 17.8 Å². The molecule has 0 saturated heterocycles. The first-order chi connectivity index (χ1) is 13.9. The standard InChI is InChI=1S/C18H21F2N7OS/c1-11-9-29-17(23-11)16-25-13(24-12-3-5-18(19,20)6-4-12)7-15(26-16)28-8-14-21-10-22-27(14)2/h7,9-10,12H,3-6,8H2,1-2H3,(H,24,25,26). The van der Waals surface area contributed by atoms with Gasteiger partial charge in [-0.1, -0.05) is 0 Å². The van der Waals surface area contributed by atoms with Crippen molar-refractivity contribution in [3.63, 3.8) is 0 Å². The van der Waals surface area contributed by atoms with E-state index in [1.54, 1.807) is 17.8 Å². The Morgan fingerprint density at radius 2 is 2.07 bits per heavy atom. The molecule has 3 aromatic heterocycles. The normalized spacial score (nSPS) is 16.7. The highest BCUT2D eigenvalue weighted by Crippen LogP contribution is 2.34. The van der Waals surface area contributed by atoms with Crippen LogP contribution in [0.1, 0.15) is 37.2 Å². The number of rotatable bonds is 6. The lowest BCUT2D eigenvalue weighted by Crippen LogP contribution is -2.32. The van der Waals surface area contributed by atoms with Gasteiger partial charge in [-0.25, -0.2) is 23.7 Å². The molecule has 1 fully saturated rings. The SMILES string of the molecule is Cc1csc(-c2nc(NC3CCC(F)(F)CC3)cc(OCc3ncnn3C)n2)n1. The summed E-state index contributed by atoms with van der Waals surface area (Å²) in [5.41, 5.74) is 0.878. The second kappa shape index (κ2) is 7.97. The summed E-state index contributed by atoms with van der Waals surface area (Å²) >= 11 is 1.44. The van der Waals surface area contributed by atoms with Crippen LogP contribution in [-0.2, 0) is 13.7 Å². The van der Waals surface area contributed by atoms with Crippen LogP contribution in [0.4, 0.5) is 14.6 Å². The van der Waals surface area contributed by atoms with Crippen molar-refractivity contribution in [1.29, 1.82) is 0 Å². The molecule has 0 amide bonds. The number of anilines is 1. The summed E-state index contributed by atoms with van der Waals surface area (Å²) in [6.07, 6.45) is 1.98. The summed E-state index contributed by atoms with van der Waals surface area (Å²) in [6, 6.07) is 1.61. The van der Waals surface area contributed by atoms with Gasteiger partial charge in [-0.2, -0.15) is 10.1 Å². The van der Waals surface area contributed by atoms with E-state index >= 15 is 0 Å². The lowest BCUT2D eigenvalue weighted by atomic mass is 9.92. The molecule has 1 saturated carbocycles. The smallest absolute Gasteiger partial charge is 0.248 e. The average molecular weight is 421 g/mol. The maximum atomic E-state index is 13.4. The number of aryl methyl sites for hydroxylation is 2. The molecular weight excluding hydrogens is 400 g/mol. The monoisotopic (exact) mass is 421 g/mol. The van der Waals surface area contributed by atoms with Crippen molar-refractivity contribution >= 4 is 17.2 Å². The van der Waals surface area contributed by atoms with Crippen LogP contribution in [0.3, 0.4) is 0 Å². The van der Waals surface area contributed by atoms with E-state index in [2.05, 4.69) is 30.4 Å². The highest BCUT2D eigenvalue weighted by molar-refractivity contribution is 7.13. The second-order valence-electron chi connectivity index (χ2n) is 7.07. The van der Waals surface area contributed by atoms with E-state index in [9.17, 15) is 8.78 Å². The minimum Gasteiger partial charge on any atom is -0.469 e. The maximum absolute atomic E-state index is 13.4. The van der Waals surface area contributed by atoms with Gasteiger partial charge in [0.15, 0.2) is 16.7 Å². The number of ether oxygens (including phenoxy) is 1. The molecule has 0 radical (unpaired) electrons. The maximum Gasteiger partial charge on any atom is 0.248 e. The van der Waals surface area contributed by atoms with Crippen LogP contribution in [-0.4, -0.2) is 41.7 Å². The van der Waals surface area contributed by atoms with Gasteiger partial charge in [0.2, 0.25) is 11.8 Å². The van der Waals surface area contributed by atoms with Gasteiger partial charge in [-0.3, -0.25) is 4.68 Å². The third kappa shape index (κ3) is 4.84. The van der Waals surface area contributed by atoms with E-state index in [1.807, 2.05) is 12.3 Å². The average Bonchev–Trinajstić information content (AvgIpc) is 3.30. The fourth-order valence-corrected chi connectivity index (χ4v) is 3.84. The number of hydrogen-bond donors (Lipinski definition) is 1. The van der Waals surface area contributed by atoms with Crippen molar-refractivity contribution in [2.24, 2.45) is 7.05 Å². The number of thiazole rings is 1. The minimum absolute atomic E-state index is 0.0676. The summed E-state index contributed by atoms with van der Waals surface area (Å²) in [4.78, 5) is 17.6. The molecular formula is C18H21F2N7OS. The van der Waals surface area contributed by atoms with Gasteiger partial charge in [0.1, 0.15) is 18.8 Å². The molecule has 1 N–H and O–H groups in total. The second-order valence-corrected chi connectivity index (χ2v) is 7.93. The third-order valence-electron chi connectivity index (χ3n) is 4.74. The quantitative estimate of drug-likeness (QED) is 0.650. The van der Waals surface area contributed by atoms with Crippen LogP contribution < -0.4 is 10.1 Å². The zero-order valence-corrected chi connectivity index (χ0v) is 16.9. The Balaban J connectivity index is 1.55. The van der Waals surface area contributed by atoms with Crippen molar-refractivity contribution in [3.8, 4) is 16.7 Å². The van der Waals surface area contributed by atoms with E-state index in [0.717, 1.165) is 5.69 Å². The first-order valence-electron chi connectivity index (χ1n) is 9.29. The predicted molar refractivity (Wildman–Crippen MR) is 104 cm³/mol. The van der Waals surface area contributed by atoms with Crippen molar-refractivity contribution in [2.45, 2.75) is 51.2 Å². The molecule has 3 aromatic rings. The summed E-state index contributed by atoms with van der Waals surface area (Å²) in [6.45, 7) is 2.09. The van der Waals surface area contributed by atoms with Crippen molar-refractivity contribution in [2.75, 3.05) is 5.32 Å². The zero-order chi connectivity index (χ0) is 20.4. The summed E-state index contributed by atoms with van der Waals surface area (Å²) in [5, 5.41) is 9.86. The fraction of sp³-hybridized carbons (Fsp3) is 0.500. The van der Waals surface area contributed by atoms with Crippen LogP contribution in [0.2, 0.25) is 0 Å².